The van der Waals surface area contributed by atoms with E-state index >= 15 is 0 Å². The average Bonchev–Trinajstić information content (AvgIpc) is 3.39. The normalized spacial score (nSPS) is 17.3. The maximum Gasteiger partial charge on any atom is 0.276 e. The lowest BCUT2D eigenvalue weighted by molar-refractivity contribution is -0.122. The van der Waals surface area contributed by atoms with E-state index in [1.807, 2.05) is 18.2 Å². The molecule has 28 heavy (non-hydrogen) atoms. The second-order valence-corrected chi connectivity index (χ2v) is 7.56. The molecule has 2 aliphatic rings. The van der Waals surface area contributed by atoms with Crippen molar-refractivity contribution in [2.45, 2.75) is 45.6 Å². The van der Waals surface area contributed by atoms with Crippen LogP contribution in [0.15, 0.2) is 40.4 Å². The maximum atomic E-state index is 12.5. The molecule has 4 rings (SSSR count). The average molecular weight is 397 g/mol. The second-order valence-electron chi connectivity index (χ2n) is 7.18. The van der Waals surface area contributed by atoms with Crippen molar-refractivity contribution in [2.24, 2.45) is 0 Å². The Morgan fingerprint density at radius 1 is 1.25 bits per heavy atom. The van der Waals surface area contributed by atoms with Gasteiger partial charge < -0.3 is 14.5 Å². The molecule has 0 saturated carbocycles. The highest BCUT2D eigenvalue weighted by atomic mass is 32.1. The van der Waals surface area contributed by atoms with Crippen LogP contribution >= 0.6 is 12.2 Å². The van der Waals surface area contributed by atoms with Crippen LogP contribution in [0.25, 0.3) is 6.08 Å². The molecular formula is C22H24N2O3S. The third kappa shape index (κ3) is 3.97. The number of aryl methyl sites for hydroxylation is 2. The fourth-order valence-electron chi connectivity index (χ4n) is 3.58. The van der Waals surface area contributed by atoms with E-state index in [0.717, 1.165) is 31.4 Å². The van der Waals surface area contributed by atoms with Gasteiger partial charge in [0.25, 0.3) is 5.91 Å². The van der Waals surface area contributed by atoms with E-state index in [-0.39, 0.29) is 5.91 Å². The number of fused-ring (bicyclic) bond motifs is 1. The summed E-state index contributed by atoms with van der Waals surface area (Å²) in [6.07, 6.45) is 7.14. The van der Waals surface area contributed by atoms with Crippen LogP contribution in [0.4, 0.5) is 0 Å². The lowest BCUT2D eigenvalue weighted by atomic mass is 10.1. The zero-order chi connectivity index (χ0) is 19.5. The minimum absolute atomic E-state index is 0.106. The first kappa shape index (κ1) is 18.7. The maximum absolute atomic E-state index is 12.5. The molecule has 0 bridgehead atoms. The first-order valence-corrected chi connectivity index (χ1v) is 10.2. The lowest BCUT2D eigenvalue weighted by Gasteiger charge is -2.12. The number of benzene rings is 1. The molecular weight excluding hydrogens is 372 g/mol. The van der Waals surface area contributed by atoms with E-state index in [4.69, 9.17) is 21.4 Å². The highest BCUT2D eigenvalue weighted by Crippen LogP contribution is 2.26. The number of carbonyl (C=O) groups excluding carboxylic acids is 1. The molecule has 1 fully saturated rings. The third-order valence-electron chi connectivity index (χ3n) is 5.12. The zero-order valence-corrected chi connectivity index (χ0v) is 16.8. The van der Waals surface area contributed by atoms with E-state index in [0.29, 0.717) is 35.5 Å². The summed E-state index contributed by atoms with van der Waals surface area (Å²) >= 11 is 5.26. The van der Waals surface area contributed by atoms with Gasteiger partial charge in [0.15, 0.2) is 5.11 Å². The van der Waals surface area contributed by atoms with E-state index in [1.54, 1.807) is 11.0 Å². The first-order chi connectivity index (χ1) is 13.6. The van der Waals surface area contributed by atoms with Crippen molar-refractivity contribution in [1.82, 2.24) is 10.2 Å². The number of thiocarbonyl (C=S) groups is 1. The number of nitrogens with zero attached hydrogens (tertiary/aromatic N) is 1. The molecule has 0 atom stereocenters. The molecule has 146 valence electrons. The van der Waals surface area contributed by atoms with E-state index in [1.165, 1.54) is 17.5 Å². The quantitative estimate of drug-likeness (QED) is 0.561. The van der Waals surface area contributed by atoms with Gasteiger partial charge in [-0.1, -0.05) is 19.4 Å². The fourth-order valence-corrected chi connectivity index (χ4v) is 3.86. The number of hydrogen-bond donors (Lipinski definition) is 1. The molecule has 6 heteroatoms. The number of ether oxygens (including phenoxy) is 1. The molecule has 1 aromatic heterocycles. The summed E-state index contributed by atoms with van der Waals surface area (Å²) in [5.41, 5.74) is 3.26. The summed E-state index contributed by atoms with van der Waals surface area (Å²) in [5, 5.41) is 3.43. The second kappa shape index (κ2) is 8.19. The van der Waals surface area contributed by atoms with Gasteiger partial charge in [-0.25, -0.2) is 0 Å². The number of carbonyl (C=O) groups is 1. The van der Waals surface area contributed by atoms with E-state index in [2.05, 4.69) is 24.4 Å². The summed E-state index contributed by atoms with van der Waals surface area (Å²) in [4.78, 5) is 14.1. The van der Waals surface area contributed by atoms with Crippen LogP contribution in [0.3, 0.4) is 0 Å². The number of unbranched alkanes of at least 4 members (excludes halogenated alkanes) is 1. The van der Waals surface area contributed by atoms with Crippen molar-refractivity contribution in [1.29, 1.82) is 0 Å². The van der Waals surface area contributed by atoms with Crippen LogP contribution < -0.4 is 10.1 Å². The molecule has 1 aliphatic heterocycles. The van der Waals surface area contributed by atoms with Crippen molar-refractivity contribution in [3.63, 3.8) is 0 Å². The Labute approximate surface area is 170 Å². The SMILES string of the molecule is CCCCN1C(=O)/C(=C\c2ccc(COc3ccc4c(c3)CCC4)o2)NC1=S. The van der Waals surface area contributed by atoms with Gasteiger partial charge in [0.2, 0.25) is 0 Å². The molecule has 2 aromatic rings. The van der Waals surface area contributed by atoms with Crippen molar-refractivity contribution < 1.29 is 13.9 Å². The number of amides is 1. The van der Waals surface area contributed by atoms with Crippen LogP contribution in [-0.4, -0.2) is 22.5 Å². The number of rotatable bonds is 7. The van der Waals surface area contributed by atoms with E-state index in [9.17, 15) is 4.79 Å². The monoisotopic (exact) mass is 396 g/mol. The Kier molecular flexibility index (Phi) is 5.48. The largest absolute Gasteiger partial charge is 0.486 e. The molecule has 0 radical (unpaired) electrons. The van der Waals surface area contributed by atoms with Gasteiger partial charge in [-0.15, -0.1) is 0 Å². The molecule has 1 N–H and O–H groups in total. The Morgan fingerprint density at radius 3 is 2.96 bits per heavy atom. The summed E-state index contributed by atoms with van der Waals surface area (Å²) in [6.45, 7) is 3.07. The highest BCUT2D eigenvalue weighted by molar-refractivity contribution is 7.80. The van der Waals surface area contributed by atoms with Gasteiger partial charge in [0.05, 0.1) is 0 Å². The summed E-state index contributed by atoms with van der Waals surface area (Å²) in [7, 11) is 0. The van der Waals surface area contributed by atoms with Gasteiger partial charge in [-0.05, 0) is 73.3 Å². The minimum atomic E-state index is -0.106. The van der Waals surface area contributed by atoms with Gasteiger partial charge in [0, 0.05) is 12.6 Å². The van der Waals surface area contributed by atoms with Gasteiger partial charge >= 0.3 is 0 Å². The van der Waals surface area contributed by atoms with Crippen LogP contribution in [-0.2, 0) is 24.2 Å². The van der Waals surface area contributed by atoms with Gasteiger partial charge in [-0.3, -0.25) is 9.69 Å². The Morgan fingerprint density at radius 2 is 2.11 bits per heavy atom. The predicted octanol–water partition coefficient (Wildman–Crippen LogP) is 4.21. The van der Waals surface area contributed by atoms with Crippen molar-refractivity contribution >= 4 is 29.3 Å². The van der Waals surface area contributed by atoms with Gasteiger partial charge in [0.1, 0.15) is 29.6 Å². The summed E-state index contributed by atoms with van der Waals surface area (Å²) in [6, 6.07) is 10.00. The minimum Gasteiger partial charge on any atom is -0.486 e. The van der Waals surface area contributed by atoms with Gasteiger partial charge in [-0.2, -0.15) is 0 Å². The van der Waals surface area contributed by atoms with Crippen LogP contribution in [0.2, 0.25) is 0 Å². The van der Waals surface area contributed by atoms with Crippen LogP contribution in [0.1, 0.15) is 48.8 Å². The smallest absolute Gasteiger partial charge is 0.276 e. The first-order valence-electron chi connectivity index (χ1n) is 9.82. The lowest BCUT2D eigenvalue weighted by Crippen LogP contribution is -2.31. The Hall–Kier alpha value is -2.60. The molecule has 0 spiro atoms. The number of hydrogen-bond acceptors (Lipinski definition) is 4. The van der Waals surface area contributed by atoms with Crippen LogP contribution in [0.5, 0.6) is 5.75 Å². The number of furan rings is 1. The molecule has 0 unspecified atom stereocenters. The number of nitrogens with one attached hydrogen (secondary N) is 1. The zero-order valence-electron chi connectivity index (χ0n) is 16.0. The van der Waals surface area contributed by atoms with Crippen molar-refractivity contribution in [3.05, 3.63) is 58.7 Å². The molecule has 2 heterocycles. The van der Waals surface area contributed by atoms with Crippen molar-refractivity contribution in [2.75, 3.05) is 6.54 Å². The standard InChI is InChI=1S/C22H24N2O3S/c1-2-3-11-24-21(25)20(23-22(24)28)13-18-9-10-19(27-18)14-26-17-8-7-15-5-4-6-16(15)12-17/h7-10,12-13H,2-6,11,14H2,1H3,(H,23,28)/b20-13+. The highest BCUT2D eigenvalue weighted by Gasteiger charge is 2.30. The Bertz CT molecular complexity index is 932. The summed E-state index contributed by atoms with van der Waals surface area (Å²) < 4.78 is 11.7. The molecule has 1 amide bonds. The topological polar surface area (TPSA) is 54.7 Å². The van der Waals surface area contributed by atoms with E-state index < -0.39 is 0 Å². The molecule has 1 aliphatic carbocycles. The fraction of sp³-hybridized carbons (Fsp3) is 0.364. The van der Waals surface area contributed by atoms with Crippen LogP contribution in [0, 0.1) is 0 Å². The summed E-state index contributed by atoms with van der Waals surface area (Å²) in [5.74, 6) is 2.07. The third-order valence-corrected chi connectivity index (χ3v) is 5.44. The molecule has 1 saturated heterocycles. The molecule has 5 nitrogen and oxygen atoms in total. The van der Waals surface area contributed by atoms with Crippen molar-refractivity contribution in [3.8, 4) is 5.75 Å². The Balaban J connectivity index is 1.38. The molecule has 1 aromatic carbocycles. The predicted molar refractivity (Wildman–Crippen MR) is 112 cm³/mol.